The normalized spacial score (nSPS) is 11.0. The Hall–Kier alpha value is -3.35. The zero-order valence-electron chi connectivity index (χ0n) is 15.7. The molecule has 7 heteroatoms. The minimum atomic E-state index is -0.296. The van der Waals surface area contributed by atoms with E-state index in [1.807, 2.05) is 36.4 Å². The second kappa shape index (κ2) is 9.96. The van der Waals surface area contributed by atoms with Gasteiger partial charge in [-0.15, -0.1) is 5.10 Å². The lowest BCUT2D eigenvalue weighted by atomic mass is 10.1. The standard InChI is InChI=1S/C20H26N6O/c1-3-4-5-15-6-10-17(11-7-15)23-20(27)24-18-12-8-16(9-13-18)14(2)25-26-19(21)22/h6-13H,3-5H2,1-2H3,(H4,21,22,26)(H2,23,24,27)/b25-14+. The van der Waals surface area contributed by atoms with Crippen molar-refractivity contribution < 1.29 is 4.79 Å². The van der Waals surface area contributed by atoms with Crippen molar-refractivity contribution in [1.29, 1.82) is 0 Å². The number of nitrogens with two attached hydrogens (primary N) is 2. The van der Waals surface area contributed by atoms with Crippen LogP contribution in [0.2, 0.25) is 0 Å². The molecule has 0 aliphatic heterocycles. The van der Waals surface area contributed by atoms with Crippen molar-refractivity contribution in [3.63, 3.8) is 0 Å². The lowest BCUT2D eigenvalue weighted by Crippen LogP contribution is -2.22. The molecule has 0 unspecified atom stereocenters. The van der Waals surface area contributed by atoms with Crippen LogP contribution in [0.5, 0.6) is 0 Å². The Bertz CT molecular complexity index is 805. The molecule has 7 nitrogen and oxygen atoms in total. The minimum Gasteiger partial charge on any atom is -0.369 e. The van der Waals surface area contributed by atoms with Gasteiger partial charge in [-0.25, -0.2) is 4.79 Å². The highest BCUT2D eigenvalue weighted by molar-refractivity contribution is 6.01. The molecule has 0 bridgehead atoms. The van der Waals surface area contributed by atoms with Gasteiger partial charge < -0.3 is 22.1 Å². The number of hydrogen-bond acceptors (Lipinski definition) is 3. The molecule has 27 heavy (non-hydrogen) atoms. The zero-order valence-corrected chi connectivity index (χ0v) is 15.7. The molecular weight excluding hydrogens is 340 g/mol. The van der Waals surface area contributed by atoms with Crippen molar-refractivity contribution in [2.45, 2.75) is 33.1 Å². The number of nitrogens with zero attached hydrogens (tertiary/aromatic N) is 2. The number of hydrogen-bond donors (Lipinski definition) is 4. The number of aryl methyl sites for hydroxylation is 1. The van der Waals surface area contributed by atoms with Crippen LogP contribution in [0.4, 0.5) is 16.2 Å². The predicted molar refractivity (Wildman–Crippen MR) is 112 cm³/mol. The summed E-state index contributed by atoms with van der Waals surface area (Å²) in [7, 11) is 0. The minimum absolute atomic E-state index is 0.0947. The summed E-state index contributed by atoms with van der Waals surface area (Å²) < 4.78 is 0. The quantitative estimate of drug-likeness (QED) is 0.340. The van der Waals surface area contributed by atoms with Gasteiger partial charge in [-0.3, -0.25) is 0 Å². The zero-order chi connectivity index (χ0) is 19.6. The smallest absolute Gasteiger partial charge is 0.323 e. The van der Waals surface area contributed by atoms with Crippen molar-refractivity contribution in [3.8, 4) is 0 Å². The first kappa shape index (κ1) is 20.0. The van der Waals surface area contributed by atoms with Crippen LogP contribution in [0.25, 0.3) is 0 Å². The largest absolute Gasteiger partial charge is 0.369 e. The molecule has 6 N–H and O–H groups in total. The Morgan fingerprint density at radius 2 is 1.48 bits per heavy atom. The maximum atomic E-state index is 12.1. The van der Waals surface area contributed by atoms with E-state index in [0.717, 1.165) is 17.7 Å². The Kier molecular flexibility index (Phi) is 7.37. The molecule has 2 aromatic carbocycles. The molecule has 0 heterocycles. The van der Waals surface area contributed by atoms with E-state index in [1.165, 1.54) is 18.4 Å². The number of carbonyl (C=O) groups excluding carboxylic acids is 1. The van der Waals surface area contributed by atoms with Crippen LogP contribution in [0.3, 0.4) is 0 Å². The number of amides is 2. The number of urea groups is 1. The van der Waals surface area contributed by atoms with Gasteiger partial charge in [0.25, 0.3) is 0 Å². The molecule has 2 rings (SSSR count). The molecule has 2 aromatic rings. The fourth-order valence-electron chi connectivity index (χ4n) is 2.41. The molecule has 142 valence electrons. The average molecular weight is 366 g/mol. The van der Waals surface area contributed by atoms with E-state index in [2.05, 4.69) is 27.8 Å². The molecule has 0 fully saturated rings. The third kappa shape index (κ3) is 6.81. The van der Waals surface area contributed by atoms with Gasteiger partial charge in [0.1, 0.15) is 0 Å². The second-order valence-corrected chi connectivity index (χ2v) is 6.17. The molecule has 0 atom stereocenters. The molecule has 0 aromatic heterocycles. The Morgan fingerprint density at radius 1 is 0.926 bits per heavy atom. The summed E-state index contributed by atoms with van der Waals surface area (Å²) >= 11 is 0. The van der Waals surface area contributed by atoms with E-state index >= 15 is 0 Å². The van der Waals surface area contributed by atoms with Gasteiger partial charge in [-0.1, -0.05) is 37.6 Å². The molecule has 0 saturated carbocycles. The summed E-state index contributed by atoms with van der Waals surface area (Å²) in [5.74, 6) is -0.0947. The van der Waals surface area contributed by atoms with Gasteiger partial charge in [-0.05, 0) is 55.2 Å². The summed E-state index contributed by atoms with van der Waals surface area (Å²) in [5, 5.41) is 13.2. The molecule has 0 aliphatic carbocycles. The highest BCUT2D eigenvalue weighted by Gasteiger charge is 2.04. The molecule has 2 amide bonds. The number of rotatable bonds is 7. The van der Waals surface area contributed by atoms with Crippen LogP contribution in [0.1, 0.15) is 37.8 Å². The first-order valence-electron chi connectivity index (χ1n) is 8.88. The van der Waals surface area contributed by atoms with Crippen molar-refractivity contribution in [2.24, 2.45) is 21.7 Å². The summed E-state index contributed by atoms with van der Waals surface area (Å²) in [4.78, 5) is 12.1. The summed E-state index contributed by atoms with van der Waals surface area (Å²) in [6, 6.07) is 14.9. The molecule has 0 spiro atoms. The first-order chi connectivity index (χ1) is 13.0. The maximum Gasteiger partial charge on any atom is 0.323 e. The summed E-state index contributed by atoms with van der Waals surface area (Å²) in [6.07, 6.45) is 3.39. The van der Waals surface area contributed by atoms with Gasteiger partial charge in [0, 0.05) is 11.4 Å². The number of guanidine groups is 1. The predicted octanol–water partition coefficient (Wildman–Crippen LogP) is 3.67. The topological polar surface area (TPSA) is 118 Å². The highest BCUT2D eigenvalue weighted by atomic mass is 16.2. The number of nitrogens with one attached hydrogen (secondary N) is 2. The van der Waals surface area contributed by atoms with Gasteiger partial charge in [-0.2, -0.15) is 5.10 Å². The molecule has 0 aliphatic rings. The summed E-state index contributed by atoms with van der Waals surface area (Å²) in [5.41, 5.74) is 14.7. The Labute approximate surface area is 159 Å². The Balaban J connectivity index is 1.92. The van der Waals surface area contributed by atoms with E-state index in [0.29, 0.717) is 11.4 Å². The maximum absolute atomic E-state index is 12.1. The number of carbonyl (C=O) groups is 1. The number of benzene rings is 2. The summed E-state index contributed by atoms with van der Waals surface area (Å²) in [6.45, 7) is 3.97. The average Bonchev–Trinajstić information content (AvgIpc) is 2.66. The molecule has 0 radical (unpaired) electrons. The van der Waals surface area contributed by atoms with Crippen molar-refractivity contribution in [2.75, 3.05) is 10.6 Å². The SMILES string of the molecule is CCCCc1ccc(NC(=O)Nc2ccc(/C(C)=N/N=C(N)N)cc2)cc1. The van der Waals surface area contributed by atoms with E-state index in [-0.39, 0.29) is 12.0 Å². The highest BCUT2D eigenvalue weighted by Crippen LogP contribution is 2.14. The van der Waals surface area contributed by atoms with Crippen molar-refractivity contribution in [3.05, 3.63) is 59.7 Å². The van der Waals surface area contributed by atoms with E-state index < -0.39 is 0 Å². The number of anilines is 2. The monoisotopic (exact) mass is 366 g/mol. The third-order valence-corrected chi connectivity index (χ3v) is 3.91. The lowest BCUT2D eigenvalue weighted by molar-refractivity contribution is 0.262. The lowest BCUT2D eigenvalue weighted by Gasteiger charge is -2.09. The van der Waals surface area contributed by atoms with Crippen LogP contribution in [-0.4, -0.2) is 17.7 Å². The fourth-order valence-corrected chi connectivity index (χ4v) is 2.41. The molecule has 0 saturated heterocycles. The van der Waals surface area contributed by atoms with E-state index in [1.54, 1.807) is 19.1 Å². The van der Waals surface area contributed by atoms with E-state index in [4.69, 9.17) is 11.5 Å². The van der Waals surface area contributed by atoms with E-state index in [9.17, 15) is 4.79 Å². The van der Waals surface area contributed by atoms with Crippen LogP contribution >= 0.6 is 0 Å². The van der Waals surface area contributed by atoms with Gasteiger partial charge in [0.05, 0.1) is 5.71 Å². The molecular formula is C20H26N6O. The van der Waals surface area contributed by atoms with Gasteiger partial charge in [0.2, 0.25) is 5.96 Å². The van der Waals surface area contributed by atoms with Crippen LogP contribution in [0.15, 0.2) is 58.7 Å². The van der Waals surface area contributed by atoms with Crippen molar-refractivity contribution >= 4 is 29.1 Å². The second-order valence-electron chi connectivity index (χ2n) is 6.17. The third-order valence-electron chi connectivity index (χ3n) is 3.91. The van der Waals surface area contributed by atoms with Crippen LogP contribution < -0.4 is 22.1 Å². The van der Waals surface area contributed by atoms with Crippen LogP contribution in [-0.2, 0) is 6.42 Å². The first-order valence-corrected chi connectivity index (χ1v) is 8.88. The van der Waals surface area contributed by atoms with Crippen LogP contribution in [0, 0.1) is 0 Å². The number of unbranched alkanes of at least 4 members (excludes halogenated alkanes) is 1. The fraction of sp³-hybridized carbons (Fsp3) is 0.250. The van der Waals surface area contributed by atoms with Gasteiger partial charge >= 0.3 is 6.03 Å². The van der Waals surface area contributed by atoms with Gasteiger partial charge in [0.15, 0.2) is 0 Å². The van der Waals surface area contributed by atoms with Crippen molar-refractivity contribution in [1.82, 2.24) is 0 Å². The Morgan fingerprint density at radius 3 is 2.00 bits per heavy atom.